The van der Waals surface area contributed by atoms with E-state index >= 15 is 0 Å². The molecule has 0 aromatic heterocycles. The van der Waals surface area contributed by atoms with Gasteiger partial charge in [-0.2, -0.15) is 4.98 Å². The third kappa shape index (κ3) is 4.89. The SMILES string of the molecule is Cc1ccc(S(=O)(=O)Nc2nc(=O)n3c(C)c(C)sc(SCCC4CCCCC4)c2-3)cc1. The molecule has 0 unspecified atom stereocenters. The number of aromatic nitrogens is 2. The number of sulfonamides is 1. The maximum Gasteiger partial charge on any atom is 0.354 e. The Morgan fingerprint density at radius 3 is 2.50 bits per heavy atom. The van der Waals surface area contributed by atoms with Crippen LogP contribution in [0.15, 0.2) is 38.2 Å². The van der Waals surface area contributed by atoms with Crippen LogP contribution >= 0.6 is 23.1 Å². The summed E-state index contributed by atoms with van der Waals surface area (Å²) in [6.45, 7) is 5.76. The molecule has 9 heteroatoms. The highest BCUT2D eigenvalue weighted by molar-refractivity contribution is 8.01. The first-order valence-electron chi connectivity index (χ1n) is 11.0. The molecule has 4 rings (SSSR count). The Balaban J connectivity index is 1.65. The van der Waals surface area contributed by atoms with Crippen molar-refractivity contribution >= 4 is 38.9 Å². The number of aryl methyl sites for hydroxylation is 2. The molecule has 2 aliphatic heterocycles. The molecule has 0 bridgehead atoms. The van der Waals surface area contributed by atoms with Gasteiger partial charge in [-0.05, 0) is 51.0 Å². The Morgan fingerprint density at radius 2 is 1.81 bits per heavy atom. The normalized spacial score (nSPS) is 15.3. The highest BCUT2D eigenvalue weighted by Crippen LogP contribution is 2.39. The number of anilines is 1. The maximum atomic E-state index is 13.0. The van der Waals surface area contributed by atoms with Crippen LogP contribution in [0.1, 0.15) is 54.7 Å². The van der Waals surface area contributed by atoms with Crippen LogP contribution in [-0.2, 0) is 10.0 Å². The number of hydrogen-bond acceptors (Lipinski definition) is 6. The third-order valence-electron chi connectivity index (χ3n) is 6.18. The first-order chi connectivity index (χ1) is 15.3. The van der Waals surface area contributed by atoms with Gasteiger partial charge in [-0.1, -0.05) is 49.8 Å². The van der Waals surface area contributed by atoms with Gasteiger partial charge in [-0.3, -0.25) is 9.29 Å². The molecule has 6 nitrogen and oxygen atoms in total. The molecule has 172 valence electrons. The fourth-order valence-corrected chi connectivity index (χ4v) is 7.82. The minimum atomic E-state index is -3.85. The van der Waals surface area contributed by atoms with Crippen molar-refractivity contribution in [3.63, 3.8) is 0 Å². The molecule has 3 aliphatic rings. The van der Waals surface area contributed by atoms with E-state index < -0.39 is 15.7 Å². The van der Waals surface area contributed by atoms with Gasteiger partial charge < -0.3 is 0 Å². The van der Waals surface area contributed by atoms with Crippen molar-refractivity contribution in [3.8, 4) is 5.69 Å². The molecule has 0 atom stereocenters. The highest BCUT2D eigenvalue weighted by atomic mass is 32.2. The molecule has 0 amide bonds. The highest BCUT2D eigenvalue weighted by Gasteiger charge is 2.27. The van der Waals surface area contributed by atoms with Crippen LogP contribution in [0.4, 0.5) is 5.82 Å². The molecule has 1 saturated carbocycles. The predicted octanol–water partition coefficient (Wildman–Crippen LogP) is 5.52. The summed E-state index contributed by atoms with van der Waals surface area (Å²) in [7, 11) is -3.85. The van der Waals surface area contributed by atoms with Gasteiger partial charge in [-0.25, -0.2) is 13.2 Å². The minimum Gasteiger partial charge on any atom is -0.261 e. The van der Waals surface area contributed by atoms with Gasteiger partial charge in [-0.15, -0.1) is 23.1 Å². The Hall–Kier alpha value is -1.84. The number of rotatable bonds is 7. The number of thioether (sulfide) groups is 1. The minimum absolute atomic E-state index is 0.107. The fraction of sp³-hybridized carbons (Fsp3) is 0.478. The molecule has 1 aromatic carbocycles. The lowest BCUT2D eigenvalue weighted by molar-refractivity contribution is 0.351. The van der Waals surface area contributed by atoms with Crippen molar-refractivity contribution in [1.29, 1.82) is 0 Å². The average Bonchev–Trinajstić information content (AvgIpc) is 3.08. The fourth-order valence-electron chi connectivity index (χ4n) is 4.18. The monoisotopic (exact) mass is 491 g/mol. The lowest BCUT2D eigenvalue weighted by Crippen LogP contribution is -2.17. The number of benzene rings is 1. The van der Waals surface area contributed by atoms with Crippen LogP contribution in [0.3, 0.4) is 0 Å². The molecular formula is C23H29N3O3S3. The molecule has 32 heavy (non-hydrogen) atoms. The van der Waals surface area contributed by atoms with Crippen LogP contribution in [0.2, 0.25) is 0 Å². The lowest BCUT2D eigenvalue weighted by atomic mass is 9.88. The standard InChI is InChI=1S/C23H29N3O3S3/c1-15-9-11-19(12-10-15)32(28,29)25-21-20-22(30-14-13-18-7-5-4-6-8-18)31-17(3)16(2)26(20)23(27)24-21/h9-12,18H,4-8,13-14H2,1-3H3,(H,24,25,27). The van der Waals surface area contributed by atoms with Crippen molar-refractivity contribution in [1.82, 2.24) is 9.55 Å². The maximum absolute atomic E-state index is 13.0. The van der Waals surface area contributed by atoms with Gasteiger partial charge in [0.2, 0.25) is 0 Å². The molecule has 2 heterocycles. The molecule has 1 aromatic rings. The summed E-state index contributed by atoms with van der Waals surface area (Å²) in [5.74, 6) is 1.82. The van der Waals surface area contributed by atoms with E-state index in [1.807, 2.05) is 20.8 Å². The van der Waals surface area contributed by atoms with Crippen LogP contribution in [0.25, 0.3) is 5.69 Å². The number of nitrogens with zero attached hydrogens (tertiary/aromatic N) is 2. The zero-order chi connectivity index (χ0) is 22.9. The molecule has 0 saturated heterocycles. The summed E-state index contributed by atoms with van der Waals surface area (Å²) in [6.07, 6.45) is 7.71. The second-order valence-electron chi connectivity index (χ2n) is 8.52. The quantitative estimate of drug-likeness (QED) is 0.440. The van der Waals surface area contributed by atoms with Gasteiger partial charge >= 0.3 is 5.69 Å². The van der Waals surface area contributed by atoms with E-state index in [-0.39, 0.29) is 10.7 Å². The Bertz CT molecular complexity index is 1220. The summed E-state index contributed by atoms with van der Waals surface area (Å²) in [4.78, 5) is 18.0. The van der Waals surface area contributed by atoms with E-state index in [0.29, 0.717) is 5.69 Å². The predicted molar refractivity (Wildman–Crippen MR) is 132 cm³/mol. The Kier molecular flexibility index (Phi) is 6.97. The summed E-state index contributed by atoms with van der Waals surface area (Å²) in [6, 6.07) is 6.62. The molecule has 1 N–H and O–H groups in total. The third-order valence-corrected chi connectivity index (χ3v) is 10.0. The smallest absolute Gasteiger partial charge is 0.261 e. The van der Waals surface area contributed by atoms with Crippen LogP contribution in [0.5, 0.6) is 0 Å². The van der Waals surface area contributed by atoms with Crippen molar-refractivity contribution in [2.45, 2.75) is 68.4 Å². The Labute approximate surface area is 197 Å². The van der Waals surface area contributed by atoms with Crippen molar-refractivity contribution in [3.05, 3.63) is 50.9 Å². The number of nitrogens with one attached hydrogen (secondary N) is 1. The van der Waals surface area contributed by atoms with E-state index in [1.54, 1.807) is 51.9 Å². The zero-order valence-corrected chi connectivity index (χ0v) is 21.1. The second-order valence-corrected chi connectivity index (χ2v) is 12.8. The van der Waals surface area contributed by atoms with Crippen LogP contribution in [-0.4, -0.2) is 23.7 Å². The summed E-state index contributed by atoms with van der Waals surface area (Å²) in [5, 5.41) is 0. The molecular weight excluding hydrogens is 462 g/mol. The molecule has 1 fully saturated rings. The number of hydrogen-bond donors (Lipinski definition) is 1. The van der Waals surface area contributed by atoms with Crippen LogP contribution in [0, 0.1) is 26.7 Å². The van der Waals surface area contributed by atoms with Crippen molar-refractivity contribution in [2.24, 2.45) is 5.92 Å². The number of fused-ring (bicyclic) bond motifs is 1. The van der Waals surface area contributed by atoms with Crippen molar-refractivity contribution in [2.75, 3.05) is 10.5 Å². The summed E-state index contributed by atoms with van der Waals surface area (Å²) >= 11 is 3.30. The van der Waals surface area contributed by atoms with Crippen LogP contribution < -0.4 is 10.4 Å². The van der Waals surface area contributed by atoms with Crippen molar-refractivity contribution < 1.29 is 8.42 Å². The first-order valence-corrected chi connectivity index (χ1v) is 14.3. The van der Waals surface area contributed by atoms with Gasteiger partial charge in [0.25, 0.3) is 10.0 Å². The lowest BCUT2D eigenvalue weighted by Gasteiger charge is -2.21. The molecule has 0 radical (unpaired) electrons. The first kappa shape index (κ1) is 23.3. The van der Waals surface area contributed by atoms with Gasteiger partial charge in [0.05, 0.1) is 9.10 Å². The molecule has 0 spiro atoms. The van der Waals surface area contributed by atoms with E-state index in [2.05, 4.69) is 9.71 Å². The second kappa shape index (κ2) is 9.57. The largest absolute Gasteiger partial charge is 0.354 e. The van der Waals surface area contributed by atoms with Gasteiger partial charge in [0.15, 0.2) is 5.82 Å². The summed E-state index contributed by atoms with van der Waals surface area (Å²) in [5.41, 5.74) is 1.87. The topological polar surface area (TPSA) is 81.1 Å². The zero-order valence-electron chi connectivity index (χ0n) is 18.7. The van der Waals surface area contributed by atoms with Gasteiger partial charge in [0, 0.05) is 10.6 Å². The van der Waals surface area contributed by atoms with E-state index in [4.69, 9.17) is 0 Å². The van der Waals surface area contributed by atoms with Gasteiger partial charge in [0.1, 0.15) is 5.69 Å². The summed E-state index contributed by atoms with van der Waals surface area (Å²) < 4.78 is 31.0. The number of imidazole rings is 1. The van der Waals surface area contributed by atoms with E-state index in [1.165, 1.54) is 32.1 Å². The van der Waals surface area contributed by atoms with E-state index in [0.717, 1.165) is 38.4 Å². The molecule has 1 aliphatic carbocycles. The average molecular weight is 492 g/mol. The van der Waals surface area contributed by atoms with E-state index in [9.17, 15) is 13.2 Å². The Morgan fingerprint density at radius 1 is 1.12 bits per heavy atom.